The third-order valence-corrected chi connectivity index (χ3v) is 6.37. The van der Waals surface area contributed by atoms with Crippen LogP contribution in [0.1, 0.15) is 17.3 Å². The van der Waals surface area contributed by atoms with Gasteiger partial charge in [-0.15, -0.1) is 0 Å². The lowest BCUT2D eigenvalue weighted by Crippen LogP contribution is -2.30. The van der Waals surface area contributed by atoms with E-state index in [2.05, 4.69) is 4.72 Å². The van der Waals surface area contributed by atoms with Crippen molar-refractivity contribution in [3.63, 3.8) is 0 Å². The SMILES string of the molecule is COc1ccc([N+](=O)[O-])cc1NS(=O)(=O)c1ccc(C(=O)O[C@@H](C)C(=O)Nc2ccc(F)c(F)c2F)cc1. The smallest absolute Gasteiger partial charge is 0.338 e. The van der Waals surface area contributed by atoms with Crippen LogP contribution in [-0.4, -0.2) is 38.4 Å². The predicted molar refractivity (Wildman–Crippen MR) is 127 cm³/mol. The van der Waals surface area contributed by atoms with Crippen LogP contribution in [0.25, 0.3) is 0 Å². The molecule has 0 heterocycles. The second-order valence-electron chi connectivity index (χ2n) is 7.53. The second kappa shape index (κ2) is 11.2. The van der Waals surface area contributed by atoms with Gasteiger partial charge in [-0.3, -0.25) is 19.6 Å². The molecule has 3 aromatic rings. The Morgan fingerprint density at radius 2 is 1.63 bits per heavy atom. The fourth-order valence-electron chi connectivity index (χ4n) is 3.00. The standard InChI is InChI=1S/C23H18F3N3O8S/c1-12(22(30)27-17-9-8-16(24)20(25)21(17)26)37-23(31)13-3-6-15(7-4-13)38(34,35)28-18-11-14(29(32)33)5-10-19(18)36-2/h3-12,28H,1-2H3,(H,27,30)/t12-/m0/s1. The molecule has 200 valence electrons. The molecule has 38 heavy (non-hydrogen) atoms. The Kier molecular flexibility index (Phi) is 8.20. The lowest BCUT2D eigenvalue weighted by Gasteiger charge is -2.15. The minimum atomic E-state index is -4.27. The molecule has 0 aliphatic heterocycles. The molecule has 0 radical (unpaired) electrons. The summed E-state index contributed by atoms with van der Waals surface area (Å²) in [5, 5.41) is 13.0. The quantitative estimate of drug-likeness (QED) is 0.174. The molecule has 0 aliphatic rings. The Balaban J connectivity index is 1.70. The van der Waals surface area contributed by atoms with Crippen LogP contribution in [0.15, 0.2) is 59.5 Å². The lowest BCUT2D eigenvalue weighted by atomic mass is 10.2. The van der Waals surface area contributed by atoms with E-state index in [9.17, 15) is 41.3 Å². The number of ether oxygens (including phenoxy) is 2. The van der Waals surface area contributed by atoms with E-state index in [4.69, 9.17) is 9.47 Å². The number of carbonyl (C=O) groups excluding carboxylic acids is 2. The van der Waals surface area contributed by atoms with E-state index in [1.54, 1.807) is 0 Å². The zero-order chi connectivity index (χ0) is 28.2. The number of nitro benzene ring substituents is 1. The normalized spacial score (nSPS) is 11.8. The molecule has 0 fully saturated rings. The molecular weight excluding hydrogens is 535 g/mol. The largest absolute Gasteiger partial charge is 0.495 e. The number of halogens is 3. The first-order valence-corrected chi connectivity index (χ1v) is 11.9. The van der Waals surface area contributed by atoms with Crippen LogP contribution in [0, 0.1) is 27.6 Å². The number of rotatable bonds is 9. The summed E-state index contributed by atoms with van der Waals surface area (Å²) in [6.07, 6.45) is -1.50. The Hall–Kier alpha value is -4.66. The Labute approximate surface area is 213 Å². The molecule has 0 saturated carbocycles. The van der Waals surface area contributed by atoms with Gasteiger partial charge in [0.15, 0.2) is 23.6 Å². The van der Waals surface area contributed by atoms with Gasteiger partial charge < -0.3 is 14.8 Å². The molecule has 11 nitrogen and oxygen atoms in total. The first kappa shape index (κ1) is 27.9. The minimum Gasteiger partial charge on any atom is -0.495 e. The lowest BCUT2D eigenvalue weighted by molar-refractivity contribution is -0.384. The molecule has 0 aliphatic carbocycles. The molecule has 1 atom stereocenters. The van der Waals surface area contributed by atoms with Crippen molar-refractivity contribution in [2.75, 3.05) is 17.1 Å². The van der Waals surface area contributed by atoms with Crippen molar-refractivity contribution in [3.05, 3.63) is 87.7 Å². The van der Waals surface area contributed by atoms with Crippen molar-refractivity contribution in [2.24, 2.45) is 0 Å². The average molecular weight is 553 g/mol. The van der Waals surface area contributed by atoms with Gasteiger partial charge in [-0.2, -0.15) is 0 Å². The zero-order valence-electron chi connectivity index (χ0n) is 19.5. The monoisotopic (exact) mass is 553 g/mol. The number of nitro groups is 1. The number of sulfonamides is 1. The number of nitrogens with zero attached hydrogens (tertiary/aromatic N) is 1. The third kappa shape index (κ3) is 6.18. The molecule has 2 N–H and O–H groups in total. The van der Waals surface area contributed by atoms with Crippen molar-refractivity contribution in [3.8, 4) is 5.75 Å². The molecule has 1 amide bonds. The predicted octanol–water partition coefficient (Wildman–Crippen LogP) is 4.01. The van der Waals surface area contributed by atoms with E-state index >= 15 is 0 Å². The van der Waals surface area contributed by atoms with Crippen LogP contribution in [0.5, 0.6) is 5.75 Å². The van der Waals surface area contributed by atoms with Gasteiger partial charge in [-0.1, -0.05) is 0 Å². The summed E-state index contributed by atoms with van der Waals surface area (Å²) in [5.41, 5.74) is -1.40. The van der Waals surface area contributed by atoms with Gasteiger partial charge in [0.05, 0.1) is 33.9 Å². The molecule has 0 bridgehead atoms. The molecule has 15 heteroatoms. The molecule has 0 unspecified atom stereocenters. The molecular formula is C23H18F3N3O8S. The topological polar surface area (TPSA) is 154 Å². The van der Waals surface area contributed by atoms with Crippen LogP contribution in [0.3, 0.4) is 0 Å². The van der Waals surface area contributed by atoms with Crippen LogP contribution in [0.4, 0.5) is 30.2 Å². The molecule has 3 rings (SSSR count). The summed E-state index contributed by atoms with van der Waals surface area (Å²) in [6.45, 7) is 1.14. The van der Waals surface area contributed by atoms with Crippen molar-refractivity contribution in [1.82, 2.24) is 0 Å². The number of anilines is 2. The average Bonchev–Trinajstić information content (AvgIpc) is 2.88. The van der Waals surface area contributed by atoms with E-state index in [-0.39, 0.29) is 27.6 Å². The third-order valence-electron chi connectivity index (χ3n) is 4.98. The summed E-state index contributed by atoms with van der Waals surface area (Å²) in [4.78, 5) is 34.6. The van der Waals surface area contributed by atoms with Gasteiger partial charge in [-0.25, -0.2) is 26.4 Å². The van der Waals surface area contributed by atoms with E-state index < -0.39 is 56.1 Å². The van der Waals surface area contributed by atoms with Gasteiger partial charge >= 0.3 is 5.97 Å². The van der Waals surface area contributed by atoms with Crippen molar-refractivity contribution in [1.29, 1.82) is 0 Å². The Morgan fingerprint density at radius 3 is 2.24 bits per heavy atom. The summed E-state index contributed by atoms with van der Waals surface area (Å²) in [7, 11) is -3.03. The highest BCUT2D eigenvalue weighted by Gasteiger charge is 2.23. The fraction of sp³-hybridized carbons (Fsp3) is 0.130. The van der Waals surface area contributed by atoms with Crippen LogP contribution in [0.2, 0.25) is 0 Å². The molecule has 0 spiro atoms. The van der Waals surface area contributed by atoms with E-state index in [1.165, 1.54) is 13.2 Å². The van der Waals surface area contributed by atoms with Gasteiger partial charge in [0.25, 0.3) is 21.6 Å². The van der Waals surface area contributed by atoms with Gasteiger partial charge in [0.2, 0.25) is 0 Å². The molecule has 0 aromatic heterocycles. The van der Waals surface area contributed by atoms with Crippen molar-refractivity contribution < 1.29 is 45.6 Å². The Morgan fingerprint density at radius 1 is 0.974 bits per heavy atom. The highest BCUT2D eigenvalue weighted by atomic mass is 32.2. The van der Waals surface area contributed by atoms with Crippen molar-refractivity contribution >= 4 is 39.0 Å². The maximum absolute atomic E-state index is 13.8. The number of non-ortho nitro benzene ring substituents is 1. The molecule has 3 aromatic carbocycles. The van der Waals surface area contributed by atoms with E-state index in [0.29, 0.717) is 6.07 Å². The van der Waals surface area contributed by atoms with Crippen molar-refractivity contribution in [2.45, 2.75) is 17.9 Å². The number of nitrogens with one attached hydrogen (secondary N) is 2. The number of carbonyl (C=O) groups is 2. The van der Waals surface area contributed by atoms with Crippen LogP contribution >= 0.6 is 0 Å². The van der Waals surface area contributed by atoms with E-state index in [1.807, 2.05) is 5.32 Å². The zero-order valence-corrected chi connectivity index (χ0v) is 20.3. The molecule has 0 saturated heterocycles. The summed E-state index contributed by atoms with van der Waals surface area (Å²) in [6, 6.07) is 8.97. The van der Waals surface area contributed by atoms with Gasteiger partial charge in [-0.05, 0) is 49.4 Å². The van der Waals surface area contributed by atoms with Crippen LogP contribution < -0.4 is 14.8 Å². The summed E-state index contributed by atoms with van der Waals surface area (Å²) < 4.78 is 77.8. The first-order chi connectivity index (χ1) is 17.8. The maximum Gasteiger partial charge on any atom is 0.338 e. The Bertz CT molecular complexity index is 1520. The number of hydrogen-bond acceptors (Lipinski definition) is 8. The fourth-order valence-corrected chi connectivity index (χ4v) is 4.06. The number of amides is 1. The summed E-state index contributed by atoms with van der Waals surface area (Å²) >= 11 is 0. The maximum atomic E-state index is 13.8. The second-order valence-corrected chi connectivity index (χ2v) is 9.21. The van der Waals surface area contributed by atoms with Gasteiger partial charge in [0.1, 0.15) is 5.75 Å². The number of benzene rings is 3. The van der Waals surface area contributed by atoms with E-state index in [0.717, 1.165) is 49.4 Å². The van der Waals surface area contributed by atoms with Gasteiger partial charge in [0, 0.05) is 12.1 Å². The number of hydrogen-bond donors (Lipinski definition) is 2. The first-order valence-electron chi connectivity index (χ1n) is 10.4. The number of esters is 1. The minimum absolute atomic E-state index is 0.0231. The highest BCUT2D eigenvalue weighted by molar-refractivity contribution is 7.92. The number of methoxy groups -OCH3 is 1. The summed E-state index contributed by atoms with van der Waals surface area (Å²) in [5.74, 6) is -6.95. The highest BCUT2D eigenvalue weighted by Crippen LogP contribution is 2.31. The van der Waals surface area contributed by atoms with Crippen LogP contribution in [-0.2, 0) is 19.6 Å².